The molecule has 1 aromatic carbocycles. The van der Waals surface area contributed by atoms with Crippen LogP contribution in [0.3, 0.4) is 0 Å². The van der Waals surface area contributed by atoms with Crippen molar-refractivity contribution in [2.45, 2.75) is 20.3 Å². The van der Waals surface area contributed by atoms with Gasteiger partial charge < -0.3 is 0 Å². The van der Waals surface area contributed by atoms with Gasteiger partial charge in [0.1, 0.15) is 0 Å². The van der Waals surface area contributed by atoms with E-state index in [1.165, 1.54) is 11.3 Å². The van der Waals surface area contributed by atoms with Crippen LogP contribution in [0, 0.1) is 6.92 Å². The summed E-state index contributed by atoms with van der Waals surface area (Å²) in [4.78, 5) is 16.0. The highest BCUT2D eigenvalue weighted by molar-refractivity contribution is 7.09. The molecule has 0 atom stereocenters. The summed E-state index contributed by atoms with van der Waals surface area (Å²) in [6.45, 7) is 3.67. The number of carbonyl (C=O) groups excluding carboxylic acids is 1. The molecule has 0 spiro atoms. The molecule has 0 radical (unpaired) electrons. The van der Waals surface area contributed by atoms with Crippen LogP contribution in [0.2, 0.25) is 10.0 Å². The summed E-state index contributed by atoms with van der Waals surface area (Å²) >= 11 is 13.4. The molecule has 1 aromatic heterocycles. The lowest BCUT2D eigenvalue weighted by atomic mass is 10.1. The van der Waals surface area contributed by atoms with Gasteiger partial charge in [-0.2, -0.15) is 5.10 Å². The van der Waals surface area contributed by atoms with Crippen LogP contribution in [0.1, 0.15) is 23.2 Å². The number of thiazole rings is 1. The number of carbonyl (C=O) groups is 1. The number of amides is 1. The first kappa shape index (κ1) is 15.9. The van der Waals surface area contributed by atoms with Gasteiger partial charge in [0.2, 0.25) is 5.91 Å². The van der Waals surface area contributed by atoms with E-state index in [9.17, 15) is 4.79 Å². The van der Waals surface area contributed by atoms with Gasteiger partial charge in [-0.15, -0.1) is 11.3 Å². The molecular weight excluding hydrogens is 329 g/mol. The van der Waals surface area contributed by atoms with Gasteiger partial charge in [0.05, 0.1) is 27.9 Å². The average molecular weight is 342 g/mol. The van der Waals surface area contributed by atoms with Gasteiger partial charge >= 0.3 is 0 Å². The third kappa shape index (κ3) is 4.52. The van der Waals surface area contributed by atoms with Crippen molar-refractivity contribution in [3.8, 4) is 0 Å². The fourth-order valence-corrected chi connectivity index (χ4v) is 2.84. The number of rotatable bonds is 4. The third-order valence-electron chi connectivity index (χ3n) is 2.68. The Bertz CT molecular complexity index is 697. The first-order valence-electron chi connectivity index (χ1n) is 6.15. The van der Waals surface area contributed by atoms with E-state index in [0.29, 0.717) is 15.8 Å². The first-order valence-corrected chi connectivity index (χ1v) is 7.79. The predicted octanol–water partition coefficient (Wildman–Crippen LogP) is 3.84. The lowest BCUT2D eigenvalue weighted by Crippen LogP contribution is -2.21. The number of aryl methyl sites for hydroxylation is 1. The maximum Gasteiger partial charge on any atom is 0.246 e. The zero-order valence-corrected chi connectivity index (χ0v) is 13.8. The van der Waals surface area contributed by atoms with Gasteiger partial charge in [0, 0.05) is 16.0 Å². The molecule has 7 heteroatoms. The Morgan fingerprint density at radius 2 is 2.19 bits per heavy atom. The van der Waals surface area contributed by atoms with Crippen molar-refractivity contribution in [1.82, 2.24) is 10.4 Å². The van der Waals surface area contributed by atoms with E-state index in [-0.39, 0.29) is 12.3 Å². The summed E-state index contributed by atoms with van der Waals surface area (Å²) in [5.41, 5.74) is 4.58. The van der Waals surface area contributed by atoms with Crippen LogP contribution in [-0.2, 0) is 11.2 Å². The SMILES string of the molecule is C/C(=N/NC(=O)Cc1csc(C)n1)c1ccc(Cl)cc1Cl. The van der Waals surface area contributed by atoms with E-state index in [1.54, 1.807) is 25.1 Å². The minimum atomic E-state index is -0.218. The molecule has 110 valence electrons. The highest BCUT2D eigenvalue weighted by Crippen LogP contribution is 2.21. The van der Waals surface area contributed by atoms with Crippen molar-refractivity contribution >= 4 is 46.2 Å². The van der Waals surface area contributed by atoms with Crippen LogP contribution in [0.5, 0.6) is 0 Å². The minimum Gasteiger partial charge on any atom is -0.273 e. The molecule has 0 saturated carbocycles. The minimum absolute atomic E-state index is 0.204. The Morgan fingerprint density at radius 3 is 2.81 bits per heavy atom. The topological polar surface area (TPSA) is 54.4 Å². The van der Waals surface area contributed by atoms with Gasteiger partial charge in [-0.3, -0.25) is 4.79 Å². The van der Waals surface area contributed by atoms with Crippen LogP contribution >= 0.6 is 34.5 Å². The molecule has 0 aliphatic rings. The molecule has 0 bridgehead atoms. The van der Waals surface area contributed by atoms with Gasteiger partial charge in [-0.1, -0.05) is 29.3 Å². The number of halogens is 2. The average Bonchev–Trinajstić information content (AvgIpc) is 2.81. The fourth-order valence-electron chi connectivity index (χ4n) is 1.68. The van der Waals surface area contributed by atoms with Gasteiger partial charge in [0.15, 0.2) is 0 Å². The molecule has 21 heavy (non-hydrogen) atoms. The fraction of sp³-hybridized carbons (Fsp3) is 0.214. The molecule has 2 aromatic rings. The molecule has 1 N–H and O–H groups in total. The van der Waals surface area contributed by atoms with Crippen molar-refractivity contribution in [1.29, 1.82) is 0 Å². The molecule has 0 aliphatic carbocycles. The second kappa shape index (κ2) is 7.02. The van der Waals surface area contributed by atoms with E-state index < -0.39 is 0 Å². The molecule has 4 nitrogen and oxygen atoms in total. The summed E-state index contributed by atoms with van der Waals surface area (Å²) < 4.78 is 0. The normalized spacial score (nSPS) is 11.5. The van der Waals surface area contributed by atoms with E-state index in [0.717, 1.165) is 16.3 Å². The Kier molecular flexibility index (Phi) is 5.33. The maximum atomic E-state index is 11.8. The highest BCUT2D eigenvalue weighted by Gasteiger charge is 2.08. The molecule has 1 heterocycles. The zero-order valence-electron chi connectivity index (χ0n) is 11.5. The lowest BCUT2D eigenvalue weighted by molar-refractivity contribution is -0.120. The number of hydrogen-bond acceptors (Lipinski definition) is 4. The lowest BCUT2D eigenvalue weighted by Gasteiger charge is -2.05. The molecule has 0 fully saturated rings. The monoisotopic (exact) mass is 341 g/mol. The smallest absolute Gasteiger partial charge is 0.246 e. The van der Waals surface area contributed by atoms with Crippen molar-refractivity contribution in [2.75, 3.05) is 0 Å². The van der Waals surface area contributed by atoms with Crippen molar-refractivity contribution in [3.05, 3.63) is 49.9 Å². The van der Waals surface area contributed by atoms with E-state index in [4.69, 9.17) is 23.2 Å². The Labute approximate surface area is 136 Å². The number of benzene rings is 1. The second-order valence-corrected chi connectivity index (χ2v) is 6.30. The summed E-state index contributed by atoms with van der Waals surface area (Å²) in [5, 5.41) is 7.90. The van der Waals surface area contributed by atoms with Crippen LogP contribution in [0.25, 0.3) is 0 Å². The summed E-state index contributed by atoms with van der Waals surface area (Å²) in [5.74, 6) is -0.218. The van der Waals surface area contributed by atoms with Gasteiger partial charge in [-0.25, -0.2) is 10.4 Å². The molecule has 0 unspecified atom stereocenters. The van der Waals surface area contributed by atoms with Crippen LogP contribution in [-0.4, -0.2) is 16.6 Å². The third-order valence-corrected chi connectivity index (χ3v) is 4.05. The second-order valence-electron chi connectivity index (χ2n) is 4.39. The molecule has 0 aliphatic heterocycles. The highest BCUT2D eigenvalue weighted by atomic mass is 35.5. The number of nitrogens with zero attached hydrogens (tertiary/aromatic N) is 2. The Balaban J connectivity index is 2.01. The van der Waals surface area contributed by atoms with Crippen molar-refractivity contribution in [3.63, 3.8) is 0 Å². The quantitative estimate of drug-likeness (QED) is 0.678. The van der Waals surface area contributed by atoms with E-state index >= 15 is 0 Å². The van der Waals surface area contributed by atoms with E-state index in [2.05, 4.69) is 15.5 Å². The summed E-state index contributed by atoms with van der Waals surface area (Å²) in [6, 6.07) is 5.12. The van der Waals surface area contributed by atoms with Gasteiger partial charge in [0.25, 0.3) is 0 Å². The van der Waals surface area contributed by atoms with Crippen LogP contribution in [0.15, 0.2) is 28.7 Å². The van der Waals surface area contributed by atoms with E-state index in [1.807, 2.05) is 12.3 Å². The van der Waals surface area contributed by atoms with Crippen molar-refractivity contribution in [2.24, 2.45) is 5.10 Å². The predicted molar refractivity (Wildman–Crippen MR) is 87.4 cm³/mol. The molecule has 1 amide bonds. The van der Waals surface area contributed by atoms with Crippen LogP contribution in [0.4, 0.5) is 0 Å². The number of nitrogens with one attached hydrogen (secondary N) is 1. The number of hydrazone groups is 1. The summed E-state index contributed by atoms with van der Waals surface area (Å²) in [7, 11) is 0. The molecule has 0 saturated heterocycles. The van der Waals surface area contributed by atoms with Gasteiger partial charge in [-0.05, 0) is 26.0 Å². The largest absolute Gasteiger partial charge is 0.273 e. The zero-order chi connectivity index (χ0) is 15.4. The molecule has 2 rings (SSSR count). The molecular formula is C14H13Cl2N3OS. The van der Waals surface area contributed by atoms with Crippen molar-refractivity contribution < 1.29 is 4.79 Å². The maximum absolute atomic E-state index is 11.8. The number of hydrogen-bond donors (Lipinski definition) is 1. The summed E-state index contributed by atoms with van der Waals surface area (Å²) in [6.07, 6.45) is 0.204. The Morgan fingerprint density at radius 1 is 1.43 bits per heavy atom. The number of aromatic nitrogens is 1. The first-order chi connectivity index (χ1) is 9.95. The standard InChI is InChI=1S/C14H13Cl2N3OS/c1-8(12-4-3-10(15)5-13(12)16)18-19-14(20)6-11-7-21-9(2)17-11/h3-5,7H,6H2,1-2H3,(H,19,20)/b18-8-. The van der Waals surface area contributed by atoms with Crippen LogP contribution < -0.4 is 5.43 Å². The Hall–Kier alpha value is -1.43.